The number of piperazine rings is 1. The number of benzene rings is 2. The van der Waals surface area contributed by atoms with Crippen LogP contribution in [0.1, 0.15) is 26.3 Å². The van der Waals surface area contributed by atoms with Crippen molar-refractivity contribution < 1.29 is 0 Å². The van der Waals surface area contributed by atoms with Crippen molar-refractivity contribution in [2.24, 2.45) is 5.92 Å². The van der Waals surface area contributed by atoms with Crippen LogP contribution >= 0.6 is 0 Å². The molecule has 2 heteroatoms. The van der Waals surface area contributed by atoms with Crippen molar-refractivity contribution in [3.63, 3.8) is 0 Å². The monoisotopic (exact) mass is 282 g/mol. The lowest BCUT2D eigenvalue weighted by molar-refractivity contribution is 0.0960. The predicted octanol–water partition coefficient (Wildman–Crippen LogP) is 3.66. The average molecular weight is 282 g/mol. The first-order valence-corrected chi connectivity index (χ1v) is 8.09. The van der Waals surface area contributed by atoms with Gasteiger partial charge >= 0.3 is 0 Å². The molecule has 2 nitrogen and oxygen atoms in total. The van der Waals surface area contributed by atoms with Gasteiger partial charge in [-0.2, -0.15) is 0 Å². The molecule has 0 bridgehead atoms. The summed E-state index contributed by atoms with van der Waals surface area (Å²) in [6.07, 6.45) is 0. The van der Waals surface area contributed by atoms with Crippen LogP contribution in [0.5, 0.6) is 0 Å². The van der Waals surface area contributed by atoms with E-state index in [2.05, 4.69) is 73.5 Å². The summed E-state index contributed by atoms with van der Waals surface area (Å²) in [5, 5.41) is 6.37. The van der Waals surface area contributed by atoms with Crippen molar-refractivity contribution in [2.45, 2.75) is 39.4 Å². The molecule has 1 N–H and O–H groups in total. The van der Waals surface area contributed by atoms with Crippen LogP contribution in [0.4, 0.5) is 0 Å². The van der Waals surface area contributed by atoms with Crippen molar-refractivity contribution in [2.75, 3.05) is 13.1 Å². The second kappa shape index (κ2) is 6.17. The van der Waals surface area contributed by atoms with E-state index in [1.165, 1.54) is 16.3 Å². The van der Waals surface area contributed by atoms with Crippen molar-refractivity contribution >= 4 is 10.8 Å². The van der Waals surface area contributed by atoms with Gasteiger partial charge < -0.3 is 5.32 Å². The Bertz CT molecular complexity index is 600. The fourth-order valence-corrected chi connectivity index (χ4v) is 3.49. The summed E-state index contributed by atoms with van der Waals surface area (Å²) < 4.78 is 0. The Morgan fingerprint density at radius 3 is 2.71 bits per heavy atom. The molecule has 2 aromatic carbocycles. The molecule has 1 heterocycles. The van der Waals surface area contributed by atoms with E-state index in [4.69, 9.17) is 0 Å². The smallest absolute Gasteiger partial charge is 0.0247 e. The fraction of sp³-hybridized carbons (Fsp3) is 0.474. The number of rotatable bonds is 3. The van der Waals surface area contributed by atoms with E-state index in [1.807, 2.05) is 0 Å². The maximum atomic E-state index is 3.62. The highest BCUT2D eigenvalue weighted by Crippen LogP contribution is 2.23. The van der Waals surface area contributed by atoms with Crippen LogP contribution in [0.15, 0.2) is 42.5 Å². The van der Waals surface area contributed by atoms with Crippen molar-refractivity contribution in [3.05, 3.63) is 48.0 Å². The molecule has 1 aliphatic heterocycles. The maximum absolute atomic E-state index is 3.62. The van der Waals surface area contributed by atoms with E-state index in [1.54, 1.807) is 0 Å². The van der Waals surface area contributed by atoms with Crippen molar-refractivity contribution in [3.8, 4) is 0 Å². The summed E-state index contributed by atoms with van der Waals surface area (Å²) in [6, 6.07) is 16.6. The minimum Gasteiger partial charge on any atom is -0.311 e. The van der Waals surface area contributed by atoms with Crippen LogP contribution in [0.2, 0.25) is 0 Å². The lowest BCUT2D eigenvalue weighted by atomic mass is 9.97. The Kier molecular flexibility index (Phi) is 4.27. The molecule has 21 heavy (non-hydrogen) atoms. The summed E-state index contributed by atoms with van der Waals surface area (Å²) in [7, 11) is 0. The highest BCUT2D eigenvalue weighted by atomic mass is 15.2. The molecule has 0 radical (unpaired) electrons. The van der Waals surface area contributed by atoms with E-state index in [-0.39, 0.29) is 0 Å². The van der Waals surface area contributed by atoms with E-state index in [0.717, 1.165) is 19.6 Å². The number of hydrogen-bond donors (Lipinski definition) is 1. The maximum Gasteiger partial charge on any atom is 0.0247 e. The normalized spacial score (nSPS) is 23.8. The molecule has 2 aromatic rings. The molecular weight excluding hydrogens is 256 g/mol. The predicted molar refractivity (Wildman–Crippen MR) is 90.4 cm³/mol. The molecule has 0 spiro atoms. The minimum absolute atomic E-state index is 0.579. The van der Waals surface area contributed by atoms with Gasteiger partial charge in [0.05, 0.1) is 0 Å². The molecule has 0 saturated carbocycles. The Balaban J connectivity index is 1.89. The first kappa shape index (κ1) is 14.6. The number of nitrogens with one attached hydrogen (secondary N) is 1. The minimum atomic E-state index is 0.579. The van der Waals surface area contributed by atoms with Gasteiger partial charge in [0.1, 0.15) is 0 Å². The van der Waals surface area contributed by atoms with Gasteiger partial charge in [-0.15, -0.1) is 0 Å². The molecule has 1 aliphatic rings. The molecule has 112 valence electrons. The van der Waals surface area contributed by atoms with E-state index in [0.29, 0.717) is 18.0 Å². The van der Waals surface area contributed by atoms with Gasteiger partial charge in [-0.3, -0.25) is 4.90 Å². The Morgan fingerprint density at radius 2 is 1.90 bits per heavy atom. The SMILES string of the molecule is CC1CN(Cc2cccc3ccccc23)C(C(C)C)CN1. The third-order valence-electron chi connectivity index (χ3n) is 4.68. The quantitative estimate of drug-likeness (QED) is 0.924. The second-order valence-electron chi connectivity index (χ2n) is 6.69. The average Bonchev–Trinajstić information content (AvgIpc) is 2.47. The van der Waals surface area contributed by atoms with Gasteiger partial charge in [-0.1, -0.05) is 56.3 Å². The third kappa shape index (κ3) is 3.12. The van der Waals surface area contributed by atoms with Crippen molar-refractivity contribution in [1.82, 2.24) is 10.2 Å². The summed E-state index contributed by atoms with van der Waals surface area (Å²) in [4.78, 5) is 2.66. The lowest BCUT2D eigenvalue weighted by Gasteiger charge is -2.41. The summed E-state index contributed by atoms with van der Waals surface area (Å²) in [5.74, 6) is 0.681. The standard InChI is InChI=1S/C19H26N2/c1-14(2)19-11-20-15(3)12-21(19)13-17-9-6-8-16-7-4-5-10-18(16)17/h4-10,14-15,19-20H,11-13H2,1-3H3. The first-order chi connectivity index (χ1) is 10.1. The van der Waals surface area contributed by atoms with Crippen LogP contribution in [-0.2, 0) is 6.54 Å². The van der Waals surface area contributed by atoms with Crippen LogP contribution in [0.3, 0.4) is 0 Å². The second-order valence-corrected chi connectivity index (χ2v) is 6.69. The molecular formula is C19H26N2. The van der Waals surface area contributed by atoms with Crippen LogP contribution in [0.25, 0.3) is 10.8 Å². The highest BCUT2D eigenvalue weighted by Gasteiger charge is 2.28. The number of hydrogen-bond acceptors (Lipinski definition) is 2. The van der Waals surface area contributed by atoms with Gasteiger partial charge in [-0.05, 0) is 29.2 Å². The molecule has 2 unspecified atom stereocenters. The van der Waals surface area contributed by atoms with E-state index >= 15 is 0 Å². The zero-order chi connectivity index (χ0) is 14.8. The first-order valence-electron chi connectivity index (χ1n) is 8.09. The summed E-state index contributed by atoms with van der Waals surface area (Å²) >= 11 is 0. The molecule has 2 atom stereocenters. The third-order valence-corrected chi connectivity index (χ3v) is 4.68. The summed E-state index contributed by atoms with van der Waals surface area (Å²) in [5.41, 5.74) is 1.45. The van der Waals surface area contributed by atoms with Gasteiger partial charge in [0.15, 0.2) is 0 Å². The topological polar surface area (TPSA) is 15.3 Å². The Morgan fingerprint density at radius 1 is 1.14 bits per heavy atom. The van der Waals surface area contributed by atoms with E-state index in [9.17, 15) is 0 Å². The van der Waals surface area contributed by atoms with Crippen LogP contribution in [0, 0.1) is 5.92 Å². The van der Waals surface area contributed by atoms with Gasteiger partial charge in [0.25, 0.3) is 0 Å². The number of fused-ring (bicyclic) bond motifs is 1. The molecule has 1 saturated heterocycles. The lowest BCUT2D eigenvalue weighted by Crippen LogP contribution is -2.56. The largest absolute Gasteiger partial charge is 0.311 e. The fourth-order valence-electron chi connectivity index (χ4n) is 3.49. The van der Waals surface area contributed by atoms with Crippen LogP contribution < -0.4 is 5.32 Å². The van der Waals surface area contributed by atoms with Crippen LogP contribution in [-0.4, -0.2) is 30.1 Å². The zero-order valence-corrected chi connectivity index (χ0v) is 13.3. The molecule has 1 fully saturated rings. The van der Waals surface area contributed by atoms with Gasteiger partial charge in [0, 0.05) is 31.7 Å². The van der Waals surface area contributed by atoms with Gasteiger partial charge in [0.2, 0.25) is 0 Å². The summed E-state index contributed by atoms with van der Waals surface area (Å²) in [6.45, 7) is 10.2. The van der Waals surface area contributed by atoms with E-state index < -0.39 is 0 Å². The number of nitrogens with zero attached hydrogens (tertiary/aromatic N) is 1. The van der Waals surface area contributed by atoms with Crippen molar-refractivity contribution in [1.29, 1.82) is 0 Å². The van der Waals surface area contributed by atoms with Gasteiger partial charge in [-0.25, -0.2) is 0 Å². The zero-order valence-electron chi connectivity index (χ0n) is 13.3. The Hall–Kier alpha value is -1.38. The Labute approximate surface area is 128 Å². The molecule has 0 aromatic heterocycles. The molecule has 3 rings (SSSR count). The molecule has 0 aliphatic carbocycles. The highest BCUT2D eigenvalue weighted by molar-refractivity contribution is 5.85. The molecule has 0 amide bonds.